The molecular formula is C20H25N7O3. The van der Waals surface area contributed by atoms with Gasteiger partial charge in [-0.2, -0.15) is 14.9 Å². The molecule has 10 heteroatoms. The van der Waals surface area contributed by atoms with Crippen LogP contribution in [0.25, 0.3) is 16.9 Å². The number of rotatable bonds is 7. The predicted octanol–water partition coefficient (Wildman–Crippen LogP) is 0.859. The topological polar surface area (TPSA) is 107 Å². The Morgan fingerprint density at radius 1 is 1.30 bits per heavy atom. The van der Waals surface area contributed by atoms with Crippen LogP contribution in [0.15, 0.2) is 41.6 Å². The van der Waals surface area contributed by atoms with Gasteiger partial charge in [-0.1, -0.05) is 0 Å². The van der Waals surface area contributed by atoms with Gasteiger partial charge in [0.25, 0.3) is 11.5 Å². The molecule has 10 nitrogen and oxygen atoms in total. The number of pyridine rings is 1. The lowest BCUT2D eigenvalue weighted by atomic mass is 10.1. The van der Waals surface area contributed by atoms with Crippen molar-refractivity contribution in [3.63, 3.8) is 0 Å². The molecule has 3 rings (SSSR count). The minimum Gasteiger partial charge on any atom is -0.383 e. The van der Waals surface area contributed by atoms with Crippen LogP contribution in [0.3, 0.4) is 0 Å². The average molecular weight is 411 g/mol. The van der Waals surface area contributed by atoms with Crippen molar-refractivity contribution in [2.75, 3.05) is 32.7 Å². The van der Waals surface area contributed by atoms with Gasteiger partial charge in [0.1, 0.15) is 17.1 Å². The highest BCUT2D eigenvalue weighted by Gasteiger charge is 2.19. The van der Waals surface area contributed by atoms with Crippen molar-refractivity contribution in [2.45, 2.75) is 13.0 Å². The third-order valence-corrected chi connectivity index (χ3v) is 4.39. The van der Waals surface area contributed by atoms with Crippen LogP contribution < -0.4 is 15.8 Å². The number of nitrogens with zero attached hydrogens (tertiary/aromatic N) is 6. The van der Waals surface area contributed by atoms with Crippen molar-refractivity contribution in [2.24, 2.45) is 7.05 Å². The summed E-state index contributed by atoms with van der Waals surface area (Å²) in [6.45, 7) is 2.13. The number of anilines is 1. The Hall–Kier alpha value is -3.53. The summed E-state index contributed by atoms with van der Waals surface area (Å²) in [5.74, 6) is 0.286. The van der Waals surface area contributed by atoms with Gasteiger partial charge in [-0.25, -0.2) is 4.98 Å². The van der Waals surface area contributed by atoms with Crippen molar-refractivity contribution in [3.8, 4) is 16.9 Å². The molecule has 0 saturated heterocycles. The van der Waals surface area contributed by atoms with E-state index in [0.717, 1.165) is 5.82 Å². The number of methoxy groups -OCH3 is 1. The first-order chi connectivity index (χ1) is 14.3. The number of hydrogen-bond acceptors (Lipinski definition) is 7. The van der Waals surface area contributed by atoms with E-state index in [1.165, 1.54) is 16.9 Å². The Bertz CT molecular complexity index is 1090. The van der Waals surface area contributed by atoms with Gasteiger partial charge in [0.15, 0.2) is 0 Å². The zero-order valence-electron chi connectivity index (χ0n) is 17.7. The van der Waals surface area contributed by atoms with E-state index in [0.29, 0.717) is 23.6 Å². The summed E-state index contributed by atoms with van der Waals surface area (Å²) in [5, 5.41) is 11.3. The largest absolute Gasteiger partial charge is 0.383 e. The Morgan fingerprint density at radius 3 is 2.63 bits per heavy atom. The molecule has 3 aromatic heterocycles. The van der Waals surface area contributed by atoms with Crippen LogP contribution in [0.2, 0.25) is 0 Å². The van der Waals surface area contributed by atoms with Gasteiger partial charge in [-0.05, 0) is 25.1 Å². The van der Waals surface area contributed by atoms with Gasteiger partial charge in [0.05, 0.1) is 24.7 Å². The Morgan fingerprint density at radius 2 is 2.07 bits per heavy atom. The Kier molecular flexibility index (Phi) is 6.26. The number of carbonyl (C=O) groups excluding carboxylic acids is 1. The van der Waals surface area contributed by atoms with Crippen LogP contribution in [0.4, 0.5) is 5.82 Å². The molecule has 1 atom stereocenters. The van der Waals surface area contributed by atoms with Gasteiger partial charge in [0, 0.05) is 46.1 Å². The summed E-state index contributed by atoms with van der Waals surface area (Å²) in [5.41, 5.74) is 1.02. The molecule has 0 bridgehead atoms. The van der Waals surface area contributed by atoms with Gasteiger partial charge in [0.2, 0.25) is 0 Å². The van der Waals surface area contributed by atoms with Crippen molar-refractivity contribution in [3.05, 3.63) is 52.7 Å². The number of aromatic nitrogens is 5. The molecule has 158 valence electrons. The zero-order valence-corrected chi connectivity index (χ0v) is 17.7. The third kappa shape index (κ3) is 4.54. The van der Waals surface area contributed by atoms with E-state index in [1.54, 1.807) is 38.2 Å². The second-order valence-corrected chi connectivity index (χ2v) is 7.16. The summed E-state index contributed by atoms with van der Waals surface area (Å²) in [4.78, 5) is 32.1. The van der Waals surface area contributed by atoms with Crippen LogP contribution in [0, 0.1) is 0 Å². The van der Waals surface area contributed by atoms with E-state index in [9.17, 15) is 9.59 Å². The van der Waals surface area contributed by atoms with Crippen LogP contribution in [0.1, 0.15) is 17.3 Å². The summed E-state index contributed by atoms with van der Waals surface area (Å²) in [6.07, 6.45) is 4.83. The van der Waals surface area contributed by atoms with E-state index in [4.69, 9.17) is 4.74 Å². The fraction of sp³-hybridized carbons (Fsp3) is 0.350. The third-order valence-electron chi connectivity index (χ3n) is 4.39. The van der Waals surface area contributed by atoms with Gasteiger partial charge in [-0.3, -0.25) is 14.3 Å². The Labute approximate surface area is 174 Å². The van der Waals surface area contributed by atoms with E-state index in [-0.39, 0.29) is 11.6 Å². The zero-order chi connectivity index (χ0) is 21.8. The van der Waals surface area contributed by atoms with Crippen LogP contribution in [-0.2, 0) is 11.8 Å². The maximum absolute atomic E-state index is 13.0. The molecule has 0 aliphatic carbocycles. The molecule has 1 N–H and O–H groups in total. The highest BCUT2D eigenvalue weighted by atomic mass is 16.5. The molecular weight excluding hydrogens is 386 g/mol. The van der Waals surface area contributed by atoms with Crippen molar-refractivity contribution in [1.82, 2.24) is 29.9 Å². The minimum atomic E-state index is -0.535. The monoisotopic (exact) mass is 411 g/mol. The molecule has 0 fully saturated rings. The van der Waals surface area contributed by atoms with E-state index < -0.39 is 11.5 Å². The number of amides is 1. The first-order valence-electron chi connectivity index (χ1n) is 9.37. The summed E-state index contributed by atoms with van der Waals surface area (Å²) in [7, 11) is 7.08. The number of carbonyl (C=O) groups is 1. The maximum Gasteiger partial charge on any atom is 0.284 e. The highest BCUT2D eigenvalue weighted by Crippen LogP contribution is 2.19. The highest BCUT2D eigenvalue weighted by molar-refractivity contribution is 5.95. The van der Waals surface area contributed by atoms with Crippen LogP contribution >= 0.6 is 0 Å². The molecule has 1 amide bonds. The maximum atomic E-state index is 13.0. The molecule has 0 saturated carbocycles. The smallest absolute Gasteiger partial charge is 0.284 e. The lowest BCUT2D eigenvalue weighted by Crippen LogP contribution is -2.39. The van der Waals surface area contributed by atoms with Crippen molar-refractivity contribution >= 4 is 11.7 Å². The number of aryl methyl sites for hydroxylation is 1. The lowest BCUT2D eigenvalue weighted by Gasteiger charge is -2.14. The summed E-state index contributed by atoms with van der Waals surface area (Å²) in [6, 6.07) is 4.91. The minimum absolute atomic E-state index is 0.0245. The van der Waals surface area contributed by atoms with Crippen LogP contribution in [-0.4, -0.2) is 64.3 Å². The van der Waals surface area contributed by atoms with Gasteiger partial charge >= 0.3 is 0 Å². The number of ether oxygens (including phenoxy) is 1. The van der Waals surface area contributed by atoms with E-state index in [1.807, 2.05) is 31.1 Å². The molecule has 0 radical (unpaired) electrons. The predicted molar refractivity (Wildman–Crippen MR) is 113 cm³/mol. The normalized spacial score (nSPS) is 11.9. The molecule has 0 aliphatic heterocycles. The molecule has 3 aromatic rings. The summed E-state index contributed by atoms with van der Waals surface area (Å²) >= 11 is 0. The molecule has 30 heavy (non-hydrogen) atoms. The molecule has 0 aliphatic rings. The van der Waals surface area contributed by atoms with Crippen molar-refractivity contribution in [1.29, 1.82) is 0 Å². The standard InChI is InChI=1S/C20H25N7O3/c1-13(12-30-5)23-19(28)16-8-17(14-6-7-18(21-9-14)25(2)3)24-27(20(16)29)15-10-22-26(4)11-15/h6-11,13H,12H2,1-5H3,(H,23,28)/t13-/m0/s1. The SMILES string of the molecule is COC[C@H](C)NC(=O)c1cc(-c2ccc(N(C)C)nc2)nn(-c2cnn(C)c2)c1=O. The van der Waals surface area contributed by atoms with E-state index in [2.05, 4.69) is 20.5 Å². The number of hydrogen-bond donors (Lipinski definition) is 1. The molecule has 0 aromatic carbocycles. The first kappa shape index (κ1) is 21.2. The lowest BCUT2D eigenvalue weighted by molar-refractivity contribution is 0.0903. The molecule has 0 spiro atoms. The average Bonchev–Trinajstić information content (AvgIpc) is 3.14. The molecule has 3 heterocycles. The second kappa shape index (κ2) is 8.87. The first-order valence-corrected chi connectivity index (χ1v) is 9.37. The Balaban J connectivity index is 2.10. The summed E-state index contributed by atoms with van der Waals surface area (Å²) < 4.78 is 7.79. The van der Waals surface area contributed by atoms with E-state index >= 15 is 0 Å². The fourth-order valence-electron chi connectivity index (χ4n) is 2.89. The van der Waals surface area contributed by atoms with Crippen LogP contribution in [0.5, 0.6) is 0 Å². The number of nitrogens with one attached hydrogen (secondary N) is 1. The van der Waals surface area contributed by atoms with Crippen molar-refractivity contribution < 1.29 is 9.53 Å². The molecule has 0 unspecified atom stereocenters. The fourth-order valence-corrected chi connectivity index (χ4v) is 2.89. The van der Waals surface area contributed by atoms with Gasteiger partial charge < -0.3 is 15.0 Å². The quantitative estimate of drug-likeness (QED) is 0.614. The second-order valence-electron chi connectivity index (χ2n) is 7.16. The van der Waals surface area contributed by atoms with Gasteiger partial charge in [-0.15, -0.1) is 0 Å².